The fourth-order valence-corrected chi connectivity index (χ4v) is 11.4. The number of carbonyl (C=O) groups is 9. The highest BCUT2D eigenvalue weighted by molar-refractivity contribution is 5.90. The molecule has 4 unspecified atom stereocenters. The SMILES string of the molecule is CCC(C)OC(=O)Nc1ccc(C)cc1.CCCOC(=O)N(CC)c1ccc(C)cc1.CCOC(=O)Nc1ccc(C)cc1C.CCOCCOC(=O)Nc1ccc(C)cc1.COC(=O)Nc1ccc(C)cc1C.COCC(C)OC(=O)Nc1ccc(C)cc1.Cc1ccc(NC(=O)OC(C)C(C)C)cc1.Cc1ccc(NC(=O)OC(C)c2ccccc2)cc1.Cc1ccc(NC(=O)OCc2ccccn2)cc1. The molecule has 0 saturated carbocycles. The van der Waals surface area contributed by atoms with Crippen molar-refractivity contribution >= 4 is 106 Å². The largest absolute Gasteiger partial charge is 0.453 e. The molecule has 8 N–H and O–H groups in total. The minimum absolute atomic E-state index is 0.0459. The maximum absolute atomic E-state index is 11.7. The average Bonchev–Trinajstić information content (AvgIpc) is 0.866. The number of anilines is 9. The number of pyridine rings is 1. The van der Waals surface area contributed by atoms with Crippen LogP contribution in [0.3, 0.4) is 0 Å². The number of nitrogens with zero attached hydrogens (tertiary/aromatic N) is 2. The molecule has 770 valence electrons. The van der Waals surface area contributed by atoms with Crippen molar-refractivity contribution in [2.24, 2.45) is 5.92 Å². The van der Waals surface area contributed by atoms with Crippen LogP contribution < -0.4 is 47.4 Å². The van der Waals surface area contributed by atoms with Crippen molar-refractivity contribution in [3.8, 4) is 0 Å². The number of nitrogens with one attached hydrogen (secondary N) is 8. The van der Waals surface area contributed by atoms with Crippen molar-refractivity contribution in [1.29, 1.82) is 0 Å². The van der Waals surface area contributed by atoms with E-state index in [1.54, 1.807) is 38.1 Å². The van der Waals surface area contributed by atoms with Gasteiger partial charge in [0.15, 0.2) is 0 Å². The number of hydrogen-bond donors (Lipinski definition) is 8. The molecule has 1 aromatic heterocycles. The maximum Gasteiger partial charge on any atom is 0.414 e. The van der Waals surface area contributed by atoms with Crippen molar-refractivity contribution in [3.05, 3.63) is 333 Å². The molecule has 0 bridgehead atoms. The van der Waals surface area contributed by atoms with E-state index in [4.69, 9.17) is 47.4 Å². The predicted octanol–water partition coefficient (Wildman–Crippen LogP) is 28.3. The van der Waals surface area contributed by atoms with Gasteiger partial charge in [-0.25, -0.2) is 43.2 Å². The van der Waals surface area contributed by atoms with Crippen LogP contribution in [0.4, 0.5) is 94.3 Å². The van der Waals surface area contributed by atoms with Crippen molar-refractivity contribution in [2.75, 3.05) is 108 Å². The Balaban J connectivity index is 0.000000414. The summed E-state index contributed by atoms with van der Waals surface area (Å²) in [4.78, 5) is 108. The highest BCUT2D eigenvalue weighted by Crippen LogP contribution is 2.23. The van der Waals surface area contributed by atoms with Crippen LogP contribution in [0.25, 0.3) is 0 Å². The molecular weight excluding hydrogens is 1820 g/mol. The highest BCUT2D eigenvalue weighted by Gasteiger charge is 2.18. The van der Waals surface area contributed by atoms with Crippen LogP contribution in [0, 0.1) is 82.1 Å². The van der Waals surface area contributed by atoms with E-state index in [1.807, 2.05) is 387 Å². The quantitative estimate of drug-likeness (QED) is 0.0167. The van der Waals surface area contributed by atoms with Crippen LogP contribution in [0.15, 0.2) is 261 Å². The zero-order valence-electron chi connectivity index (χ0n) is 87.3. The molecule has 11 aromatic rings. The second-order valence-corrected chi connectivity index (χ2v) is 33.1. The monoisotopic (exact) mass is 1970 g/mol. The van der Waals surface area contributed by atoms with Crippen molar-refractivity contribution in [2.45, 2.75) is 196 Å². The lowest BCUT2D eigenvalue weighted by atomic mass is 10.1. The molecule has 0 radical (unpaired) electrons. The fraction of sp³-hybridized carbons (Fsp3) is 0.345. The number of amides is 9. The smallest absolute Gasteiger partial charge is 0.414 e. The summed E-state index contributed by atoms with van der Waals surface area (Å²) >= 11 is 0. The Bertz CT molecular complexity index is 5490. The summed E-state index contributed by atoms with van der Waals surface area (Å²) in [6.07, 6.45) is -1.07. The first kappa shape index (κ1) is 122. The van der Waals surface area contributed by atoms with Gasteiger partial charge < -0.3 is 52.1 Å². The van der Waals surface area contributed by atoms with Crippen LogP contribution >= 0.6 is 0 Å². The van der Waals surface area contributed by atoms with Gasteiger partial charge in [0.25, 0.3) is 0 Å². The molecular formula is C113H148N10O20. The highest BCUT2D eigenvalue weighted by atomic mass is 16.6. The van der Waals surface area contributed by atoms with Crippen molar-refractivity contribution < 1.29 is 95.3 Å². The van der Waals surface area contributed by atoms with Crippen molar-refractivity contribution in [3.63, 3.8) is 0 Å². The Morgan fingerprint density at radius 1 is 0.336 bits per heavy atom. The van der Waals surface area contributed by atoms with Gasteiger partial charge in [-0.15, -0.1) is 0 Å². The van der Waals surface area contributed by atoms with Crippen LogP contribution in [0.1, 0.15) is 168 Å². The van der Waals surface area contributed by atoms with Gasteiger partial charge in [-0.2, -0.15) is 0 Å². The lowest BCUT2D eigenvalue weighted by Gasteiger charge is -2.20. The third-order valence-corrected chi connectivity index (χ3v) is 19.9. The van der Waals surface area contributed by atoms with E-state index in [-0.39, 0.29) is 43.7 Å². The molecule has 143 heavy (non-hydrogen) atoms. The second-order valence-electron chi connectivity index (χ2n) is 33.1. The van der Waals surface area contributed by atoms with Gasteiger partial charge in [-0.1, -0.05) is 223 Å². The minimum atomic E-state index is -0.482. The number of methoxy groups -OCH3 is 2. The summed E-state index contributed by atoms with van der Waals surface area (Å²) in [5.41, 5.74) is 21.1. The molecule has 11 rings (SSSR count). The van der Waals surface area contributed by atoms with Gasteiger partial charge in [0, 0.05) is 77.6 Å². The average molecular weight is 1970 g/mol. The molecule has 1 heterocycles. The maximum atomic E-state index is 11.7. The number of aromatic nitrogens is 1. The zero-order chi connectivity index (χ0) is 106. The minimum Gasteiger partial charge on any atom is -0.453 e. The van der Waals surface area contributed by atoms with Crippen LogP contribution in [-0.2, 0) is 58.7 Å². The Morgan fingerprint density at radius 3 is 1.06 bits per heavy atom. The standard InChI is InChI=1S/C16H17NO2.C14H14N2O2.2C13H19NO2.2C12H17NO3.C12H17NO2.C11H15NO2.C10H13NO2/c1-12-8-10-15(11-9-12)17-16(18)19-13(2)14-6-4-3-5-7-14;1-11-5-7-12(8-6-11)16-14(17)18-10-13-4-2-3-9-15-13;1-9(2)11(4)16-13(15)14-12-7-5-10(3)6-8-12;1-4-10-16-13(15)14(5-2)12-8-6-11(3)7-9-12;1-9-4-6-11(7-5-9)13-12(14)16-10(2)8-15-3;1-3-15-8-9-16-12(14)13-11-6-4-10(2)5-7-11;1-4-10(3)15-12(14)13-11-7-5-9(2)6-8-11;1-4-14-11(13)12-10-6-5-8(2)7-9(10)3;1-7-4-5-9(8(2)6-7)11-10(12)13-3/h3-11,13H,1-2H3,(H,17,18);2-9H,10H2,1H3,(H,16,17);5-9,11H,1-4H3,(H,14,15);6-9H,4-5,10H2,1-3H3;4-7,10H,8H2,1-3H3,(H,13,14);4-7H,3,8-9H2,1-2H3,(H,13,14);5-8,10H,4H2,1-3H3,(H,13,14);5-7H,4H2,1-3H3,(H,12,13);4-6H,1-3H3,(H,11,12). The molecule has 0 aliphatic rings. The summed E-state index contributed by atoms with van der Waals surface area (Å²) in [5.74, 6) is 0.323. The first-order valence-corrected chi connectivity index (χ1v) is 47.4. The van der Waals surface area contributed by atoms with E-state index >= 15 is 0 Å². The summed E-state index contributed by atoms with van der Waals surface area (Å²) in [5, 5.41) is 21.3. The Morgan fingerprint density at radius 2 is 0.699 bits per heavy atom. The number of ether oxygens (including phenoxy) is 11. The summed E-state index contributed by atoms with van der Waals surface area (Å²) in [6, 6.07) is 80.0. The number of benzene rings is 10. The third-order valence-electron chi connectivity index (χ3n) is 19.9. The summed E-state index contributed by atoms with van der Waals surface area (Å²) < 4.78 is 54.9. The Labute approximate surface area is 845 Å². The van der Waals surface area contributed by atoms with Gasteiger partial charge in [-0.3, -0.25) is 52.4 Å². The molecule has 0 fully saturated rings. The van der Waals surface area contributed by atoms with E-state index in [1.165, 1.54) is 23.8 Å². The molecule has 0 saturated heterocycles. The number of rotatable bonds is 28. The van der Waals surface area contributed by atoms with Gasteiger partial charge in [-0.05, 0) is 269 Å². The van der Waals surface area contributed by atoms with E-state index < -0.39 is 48.7 Å². The molecule has 0 aliphatic carbocycles. The number of hydrogen-bond acceptors (Lipinski definition) is 21. The zero-order valence-corrected chi connectivity index (χ0v) is 87.3. The van der Waals surface area contributed by atoms with Gasteiger partial charge >= 0.3 is 54.8 Å². The first-order valence-electron chi connectivity index (χ1n) is 47.4. The number of aryl methyl sites for hydroxylation is 11. The van der Waals surface area contributed by atoms with E-state index in [9.17, 15) is 43.2 Å². The van der Waals surface area contributed by atoms with Crippen LogP contribution in [-0.4, -0.2) is 139 Å². The lowest BCUT2D eigenvalue weighted by Crippen LogP contribution is -2.31. The van der Waals surface area contributed by atoms with E-state index in [0.29, 0.717) is 51.2 Å². The molecule has 9 amide bonds. The van der Waals surface area contributed by atoms with Gasteiger partial charge in [0.2, 0.25) is 0 Å². The van der Waals surface area contributed by atoms with E-state index in [2.05, 4.69) is 52.3 Å². The molecule has 4 atom stereocenters. The number of carbonyl (C=O) groups excluding carboxylic acids is 9. The van der Waals surface area contributed by atoms with Crippen LogP contribution in [0.2, 0.25) is 0 Å². The second kappa shape index (κ2) is 70.3. The Hall–Kier alpha value is -15.3. The Kier molecular flexibility index (Phi) is 59.9. The molecule has 30 nitrogen and oxygen atoms in total. The van der Waals surface area contributed by atoms with Crippen molar-refractivity contribution in [1.82, 2.24) is 4.98 Å². The fourth-order valence-electron chi connectivity index (χ4n) is 11.4. The van der Waals surface area contributed by atoms with Crippen LogP contribution in [0.5, 0.6) is 0 Å². The summed E-state index contributed by atoms with van der Waals surface area (Å²) in [6.45, 7) is 46.3. The molecule has 30 heteroatoms. The normalized spacial score (nSPS) is 10.8. The van der Waals surface area contributed by atoms with E-state index in [0.717, 1.165) is 114 Å². The molecule has 0 spiro atoms. The molecule has 0 aliphatic heterocycles. The topological polar surface area (TPSA) is 368 Å². The van der Waals surface area contributed by atoms with Gasteiger partial charge in [0.1, 0.15) is 37.6 Å². The summed E-state index contributed by atoms with van der Waals surface area (Å²) in [7, 11) is 2.91. The third kappa shape index (κ3) is 55.9. The predicted molar refractivity (Wildman–Crippen MR) is 572 cm³/mol. The lowest BCUT2D eigenvalue weighted by molar-refractivity contribution is 0.0564. The van der Waals surface area contributed by atoms with Gasteiger partial charge in [0.05, 0.1) is 39.2 Å². The first-order chi connectivity index (χ1) is 68.3. The molecule has 10 aromatic carbocycles.